The molecule has 0 aliphatic carbocycles. The first-order valence-electron chi connectivity index (χ1n) is 6.82. The van der Waals surface area contributed by atoms with Crippen LogP contribution in [0.5, 0.6) is 0 Å². The molecule has 7 heteroatoms. The SMILES string of the molecule is C1=NNB(OB2NN=Cc3ccccc32)c2ccccc21. The van der Waals surface area contributed by atoms with Gasteiger partial charge in [-0.1, -0.05) is 48.5 Å². The largest absolute Gasteiger partial charge is 0.453 e. The smallest absolute Gasteiger partial charge is 0.453 e. The molecule has 0 fully saturated rings. The van der Waals surface area contributed by atoms with Crippen LogP contribution in [0.2, 0.25) is 0 Å². The summed E-state index contributed by atoms with van der Waals surface area (Å²) in [4.78, 5) is 0. The molecule has 2 N–H and O–H groups in total. The van der Waals surface area contributed by atoms with Crippen molar-refractivity contribution in [3.05, 3.63) is 59.7 Å². The Labute approximate surface area is 123 Å². The van der Waals surface area contributed by atoms with Crippen molar-refractivity contribution in [3.63, 3.8) is 0 Å². The van der Waals surface area contributed by atoms with E-state index in [0.717, 1.165) is 22.1 Å². The molecule has 0 amide bonds. The fraction of sp³-hybridized carbons (Fsp3) is 0. The minimum absolute atomic E-state index is 0.301. The normalized spacial score (nSPS) is 15.0. The van der Waals surface area contributed by atoms with E-state index < -0.39 is 0 Å². The Kier molecular flexibility index (Phi) is 2.97. The molecule has 0 radical (unpaired) electrons. The van der Waals surface area contributed by atoms with Gasteiger partial charge in [0.1, 0.15) is 0 Å². The predicted octanol–water partition coefficient (Wildman–Crippen LogP) is -0.332. The summed E-state index contributed by atoms with van der Waals surface area (Å²) in [5.74, 6) is 0. The van der Waals surface area contributed by atoms with Gasteiger partial charge in [-0.25, -0.2) is 0 Å². The third-order valence-corrected chi connectivity index (χ3v) is 3.62. The lowest BCUT2D eigenvalue weighted by Crippen LogP contribution is -2.59. The Morgan fingerprint density at radius 3 is 1.71 bits per heavy atom. The molecular weight excluding hydrogens is 262 g/mol. The number of hydrazone groups is 2. The number of hydrogen-bond donors (Lipinski definition) is 2. The molecule has 0 spiro atoms. The first kappa shape index (κ1) is 12.2. The molecule has 21 heavy (non-hydrogen) atoms. The van der Waals surface area contributed by atoms with Gasteiger partial charge in [-0.15, -0.1) is 0 Å². The van der Waals surface area contributed by atoms with Gasteiger partial charge in [-0.05, 0) is 22.1 Å². The average molecular weight is 274 g/mol. The van der Waals surface area contributed by atoms with E-state index in [9.17, 15) is 0 Å². The van der Waals surface area contributed by atoms with Crippen LogP contribution in [-0.2, 0) is 4.57 Å². The monoisotopic (exact) mass is 274 g/mol. The Morgan fingerprint density at radius 1 is 0.714 bits per heavy atom. The van der Waals surface area contributed by atoms with Gasteiger partial charge >= 0.3 is 14.1 Å². The lowest BCUT2D eigenvalue weighted by Gasteiger charge is -2.25. The van der Waals surface area contributed by atoms with Crippen LogP contribution in [0.1, 0.15) is 11.1 Å². The zero-order valence-corrected chi connectivity index (χ0v) is 11.2. The molecule has 100 valence electrons. The highest BCUT2D eigenvalue weighted by molar-refractivity contribution is 6.79. The minimum atomic E-state index is -0.301. The zero-order valence-electron chi connectivity index (χ0n) is 11.2. The van der Waals surface area contributed by atoms with Crippen molar-refractivity contribution in [2.45, 2.75) is 0 Å². The van der Waals surface area contributed by atoms with Crippen LogP contribution >= 0.6 is 0 Å². The summed E-state index contributed by atoms with van der Waals surface area (Å²) >= 11 is 0. The molecule has 2 aromatic carbocycles. The van der Waals surface area contributed by atoms with Gasteiger partial charge in [0.15, 0.2) is 0 Å². The molecule has 0 atom stereocenters. The Morgan fingerprint density at radius 2 is 1.19 bits per heavy atom. The van der Waals surface area contributed by atoms with E-state index >= 15 is 0 Å². The van der Waals surface area contributed by atoms with Gasteiger partial charge in [0, 0.05) is 0 Å². The number of benzene rings is 2. The van der Waals surface area contributed by atoms with Gasteiger partial charge in [-0.2, -0.15) is 10.2 Å². The van der Waals surface area contributed by atoms with Crippen molar-refractivity contribution >= 4 is 37.5 Å². The maximum absolute atomic E-state index is 6.14. The summed E-state index contributed by atoms with van der Waals surface area (Å²) in [6.45, 7) is 0. The molecule has 0 saturated heterocycles. The van der Waals surface area contributed by atoms with Crippen LogP contribution < -0.4 is 21.6 Å². The summed E-state index contributed by atoms with van der Waals surface area (Å²) in [5, 5.41) is 14.3. The van der Waals surface area contributed by atoms with E-state index in [4.69, 9.17) is 4.57 Å². The van der Waals surface area contributed by atoms with Gasteiger partial charge in [0.2, 0.25) is 0 Å². The molecule has 5 nitrogen and oxygen atoms in total. The minimum Gasteiger partial charge on any atom is -0.453 e. The molecule has 0 saturated carbocycles. The van der Waals surface area contributed by atoms with Crippen molar-refractivity contribution in [1.29, 1.82) is 0 Å². The highest BCUT2D eigenvalue weighted by Gasteiger charge is 2.33. The topological polar surface area (TPSA) is 58.0 Å². The number of rotatable bonds is 2. The van der Waals surface area contributed by atoms with Crippen molar-refractivity contribution in [3.8, 4) is 0 Å². The van der Waals surface area contributed by atoms with Crippen molar-refractivity contribution < 1.29 is 4.57 Å². The molecule has 2 aromatic rings. The third kappa shape index (κ3) is 2.21. The van der Waals surface area contributed by atoms with Crippen molar-refractivity contribution in [2.24, 2.45) is 10.2 Å². The summed E-state index contributed by atoms with van der Waals surface area (Å²) in [5.41, 5.74) is 4.27. The summed E-state index contributed by atoms with van der Waals surface area (Å²) < 4.78 is 6.14. The number of fused-ring (bicyclic) bond motifs is 2. The van der Waals surface area contributed by atoms with Crippen LogP contribution in [0.15, 0.2) is 58.7 Å². The second-order valence-electron chi connectivity index (χ2n) is 4.93. The Balaban J connectivity index is 1.63. The summed E-state index contributed by atoms with van der Waals surface area (Å²) in [6.07, 6.45) is 3.60. The summed E-state index contributed by atoms with van der Waals surface area (Å²) in [6, 6.07) is 16.1. The lowest BCUT2D eigenvalue weighted by molar-refractivity contribution is 0.567. The first-order chi connectivity index (χ1) is 10.4. The number of nitrogens with one attached hydrogen (secondary N) is 2. The van der Waals surface area contributed by atoms with Crippen LogP contribution in [0.4, 0.5) is 0 Å². The van der Waals surface area contributed by atoms with E-state index in [1.54, 1.807) is 12.4 Å². The van der Waals surface area contributed by atoms with Crippen LogP contribution in [0.3, 0.4) is 0 Å². The molecule has 0 aromatic heterocycles. The Hall–Kier alpha value is -2.53. The van der Waals surface area contributed by atoms with E-state index in [2.05, 4.69) is 20.9 Å². The van der Waals surface area contributed by atoms with Crippen LogP contribution in [0.25, 0.3) is 0 Å². The fourth-order valence-corrected chi connectivity index (χ4v) is 2.57. The maximum atomic E-state index is 6.14. The Bertz CT molecular complexity index is 673. The van der Waals surface area contributed by atoms with Crippen LogP contribution in [0, 0.1) is 0 Å². The fourth-order valence-electron chi connectivity index (χ4n) is 2.57. The standard InChI is InChI=1S/C14H12B2N4O/c1-3-7-13-11(5-1)9-17-19-15(13)21-16-14-8-4-2-6-12(14)10-18-20-16/h1-10,19-20H. The molecule has 0 bridgehead atoms. The zero-order chi connectivity index (χ0) is 14.1. The van der Waals surface area contributed by atoms with Gasteiger partial charge in [0.25, 0.3) is 0 Å². The molecular formula is C14H12B2N4O. The lowest BCUT2D eigenvalue weighted by atomic mass is 9.63. The predicted molar refractivity (Wildman–Crippen MR) is 86.2 cm³/mol. The van der Waals surface area contributed by atoms with E-state index in [1.807, 2.05) is 48.5 Å². The van der Waals surface area contributed by atoms with Crippen molar-refractivity contribution in [2.75, 3.05) is 0 Å². The maximum Gasteiger partial charge on any atom is 0.453 e. The highest BCUT2D eigenvalue weighted by Crippen LogP contribution is 2.04. The van der Waals surface area contributed by atoms with Crippen LogP contribution in [-0.4, -0.2) is 26.5 Å². The van der Waals surface area contributed by atoms with Gasteiger partial charge < -0.3 is 15.2 Å². The van der Waals surface area contributed by atoms with E-state index in [-0.39, 0.29) is 14.1 Å². The van der Waals surface area contributed by atoms with Crippen molar-refractivity contribution in [1.82, 2.24) is 10.7 Å². The van der Waals surface area contributed by atoms with Gasteiger partial charge in [-0.3, -0.25) is 0 Å². The second kappa shape index (κ2) is 5.10. The van der Waals surface area contributed by atoms with E-state index in [1.165, 1.54) is 0 Å². The van der Waals surface area contributed by atoms with E-state index in [0.29, 0.717) is 0 Å². The van der Waals surface area contributed by atoms with Gasteiger partial charge in [0.05, 0.1) is 12.4 Å². The second-order valence-corrected chi connectivity index (χ2v) is 4.93. The molecule has 2 heterocycles. The highest BCUT2D eigenvalue weighted by atomic mass is 16.4. The quantitative estimate of drug-likeness (QED) is 0.737. The first-order valence-corrected chi connectivity index (χ1v) is 6.82. The molecule has 4 rings (SSSR count). The third-order valence-electron chi connectivity index (χ3n) is 3.62. The molecule has 0 unspecified atom stereocenters. The number of hydrogen-bond acceptors (Lipinski definition) is 5. The average Bonchev–Trinajstić information content (AvgIpc) is 2.56. The number of nitrogens with zero attached hydrogens (tertiary/aromatic N) is 2. The summed E-state index contributed by atoms with van der Waals surface area (Å²) in [7, 11) is -0.602. The molecule has 2 aliphatic heterocycles. The molecule has 2 aliphatic rings.